The number of nitrogens with one attached hydrogen (secondary N) is 2. The van der Waals surface area contributed by atoms with Gasteiger partial charge in [-0.1, -0.05) is 6.07 Å². The number of sulfone groups is 1. The zero-order valence-electron chi connectivity index (χ0n) is 10.1. The Morgan fingerprint density at radius 1 is 1.42 bits per heavy atom. The second-order valence-electron chi connectivity index (χ2n) is 4.39. The van der Waals surface area contributed by atoms with Crippen LogP contribution in [-0.2, 0) is 9.84 Å². The molecule has 1 saturated heterocycles. The van der Waals surface area contributed by atoms with Gasteiger partial charge >= 0.3 is 6.03 Å². The first-order valence-corrected chi connectivity index (χ1v) is 7.59. The Balaban J connectivity index is 1.93. The van der Waals surface area contributed by atoms with Crippen molar-refractivity contribution in [1.82, 2.24) is 5.32 Å². The molecule has 1 aromatic rings. The topological polar surface area (TPSA) is 99.1 Å². The summed E-state index contributed by atoms with van der Waals surface area (Å²) in [6.07, 6.45) is 0.438. The first-order valence-electron chi connectivity index (χ1n) is 5.76. The molecule has 0 saturated carbocycles. The van der Waals surface area contributed by atoms with Crippen LogP contribution in [0.1, 0.15) is 12.0 Å². The maximum Gasteiger partial charge on any atom is 0.319 e. The van der Waals surface area contributed by atoms with Crippen molar-refractivity contribution in [1.29, 1.82) is 5.26 Å². The molecule has 1 fully saturated rings. The Morgan fingerprint density at radius 2 is 2.21 bits per heavy atom. The van der Waals surface area contributed by atoms with Gasteiger partial charge in [0.1, 0.15) is 0 Å². The van der Waals surface area contributed by atoms with Crippen molar-refractivity contribution in [2.75, 3.05) is 16.8 Å². The standard InChI is InChI=1S/C12H13N3O3S/c13-7-9-2-1-3-10(6-9)14-12(16)15-11-4-5-19(17,18)8-11/h1-3,6,11H,4-5,8H2,(H2,14,15,16)/t11-/m1/s1. The molecule has 1 aromatic carbocycles. The van der Waals surface area contributed by atoms with Gasteiger partial charge in [-0.05, 0) is 24.6 Å². The summed E-state index contributed by atoms with van der Waals surface area (Å²) in [5.74, 6) is 0.0977. The highest BCUT2D eigenvalue weighted by Gasteiger charge is 2.28. The third kappa shape index (κ3) is 3.69. The van der Waals surface area contributed by atoms with Crippen LogP contribution >= 0.6 is 0 Å². The predicted molar refractivity (Wildman–Crippen MR) is 70.4 cm³/mol. The third-order valence-corrected chi connectivity index (χ3v) is 4.59. The number of nitrogens with zero attached hydrogens (tertiary/aromatic N) is 1. The van der Waals surface area contributed by atoms with Gasteiger partial charge in [-0.15, -0.1) is 0 Å². The van der Waals surface area contributed by atoms with E-state index < -0.39 is 15.9 Å². The second kappa shape index (κ2) is 5.28. The van der Waals surface area contributed by atoms with Crippen LogP contribution in [0.5, 0.6) is 0 Å². The molecular formula is C12H13N3O3S. The van der Waals surface area contributed by atoms with Crippen molar-refractivity contribution in [3.63, 3.8) is 0 Å². The fourth-order valence-electron chi connectivity index (χ4n) is 1.93. The average molecular weight is 279 g/mol. The number of hydrogen-bond acceptors (Lipinski definition) is 4. The number of hydrogen-bond donors (Lipinski definition) is 2. The molecule has 0 bridgehead atoms. The lowest BCUT2D eigenvalue weighted by atomic mass is 10.2. The fraction of sp³-hybridized carbons (Fsp3) is 0.333. The zero-order chi connectivity index (χ0) is 13.9. The number of carbonyl (C=O) groups is 1. The third-order valence-electron chi connectivity index (χ3n) is 2.82. The van der Waals surface area contributed by atoms with E-state index in [9.17, 15) is 13.2 Å². The molecule has 19 heavy (non-hydrogen) atoms. The SMILES string of the molecule is N#Cc1cccc(NC(=O)N[C@@H]2CCS(=O)(=O)C2)c1. The van der Waals surface area contributed by atoms with Crippen LogP contribution in [0.25, 0.3) is 0 Å². The van der Waals surface area contributed by atoms with E-state index in [1.165, 1.54) is 0 Å². The Bertz CT molecular complexity index is 634. The van der Waals surface area contributed by atoms with Crippen molar-refractivity contribution in [2.45, 2.75) is 12.5 Å². The van der Waals surface area contributed by atoms with Crippen LogP contribution in [0.4, 0.5) is 10.5 Å². The second-order valence-corrected chi connectivity index (χ2v) is 6.62. The van der Waals surface area contributed by atoms with Crippen LogP contribution in [0.3, 0.4) is 0 Å². The molecule has 2 amide bonds. The van der Waals surface area contributed by atoms with E-state index in [2.05, 4.69) is 10.6 Å². The van der Waals surface area contributed by atoms with Crippen molar-refractivity contribution in [3.8, 4) is 6.07 Å². The monoisotopic (exact) mass is 279 g/mol. The minimum atomic E-state index is -3.01. The summed E-state index contributed by atoms with van der Waals surface area (Å²) in [6, 6.07) is 7.67. The van der Waals surface area contributed by atoms with Gasteiger partial charge in [0.2, 0.25) is 0 Å². The van der Waals surface area contributed by atoms with E-state index in [0.29, 0.717) is 17.7 Å². The number of carbonyl (C=O) groups excluding carboxylic acids is 1. The van der Waals surface area contributed by atoms with Crippen LogP contribution < -0.4 is 10.6 Å². The molecular weight excluding hydrogens is 266 g/mol. The van der Waals surface area contributed by atoms with E-state index in [1.807, 2.05) is 6.07 Å². The number of anilines is 1. The summed E-state index contributed by atoms with van der Waals surface area (Å²) in [4.78, 5) is 11.7. The summed E-state index contributed by atoms with van der Waals surface area (Å²) in [6.45, 7) is 0. The van der Waals surface area contributed by atoms with Gasteiger partial charge in [-0.2, -0.15) is 5.26 Å². The predicted octanol–water partition coefficient (Wildman–Crippen LogP) is 0.867. The summed E-state index contributed by atoms with van der Waals surface area (Å²) in [7, 11) is -3.01. The highest BCUT2D eigenvalue weighted by Crippen LogP contribution is 2.12. The summed E-state index contributed by atoms with van der Waals surface area (Å²) in [5, 5.41) is 13.9. The molecule has 1 heterocycles. The van der Waals surface area contributed by atoms with E-state index in [1.54, 1.807) is 24.3 Å². The average Bonchev–Trinajstić information content (AvgIpc) is 2.68. The van der Waals surface area contributed by atoms with E-state index >= 15 is 0 Å². The van der Waals surface area contributed by atoms with Crippen molar-refractivity contribution < 1.29 is 13.2 Å². The Kier molecular flexibility index (Phi) is 3.71. The zero-order valence-corrected chi connectivity index (χ0v) is 10.9. The van der Waals surface area contributed by atoms with Gasteiger partial charge in [-0.3, -0.25) is 0 Å². The Hall–Kier alpha value is -2.07. The van der Waals surface area contributed by atoms with Gasteiger partial charge in [0.05, 0.1) is 23.1 Å². The molecule has 0 unspecified atom stereocenters. The molecule has 0 aromatic heterocycles. The molecule has 1 atom stereocenters. The molecule has 0 spiro atoms. The van der Waals surface area contributed by atoms with E-state index in [4.69, 9.17) is 5.26 Å². The smallest absolute Gasteiger partial charge is 0.319 e. The number of benzene rings is 1. The molecule has 6 nitrogen and oxygen atoms in total. The van der Waals surface area contributed by atoms with Gasteiger partial charge in [0.25, 0.3) is 0 Å². The van der Waals surface area contributed by atoms with Crippen LogP contribution in [0, 0.1) is 11.3 Å². The quantitative estimate of drug-likeness (QED) is 0.839. The lowest BCUT2D eigenvalue weighted by Crippen LogP contribution is -2.38. The van der Waals surface area contributed by atoms with Gasteiger partial charge in [0.15, 0.2) is 9.84 Å². The molecule has 0 radical (unpaired) electrons. The van der Waals surface area contributed by atoms with Gasteiger partial charge < -0.3 is 10.6 Å². The number of nitriles is 1. The van der Waals surface area contributed by atoms with Crippen molar-refractivity contribution >= 4 is 21.6 Å². The lowest BCUT2D eigenvalue weighted by molar-refractivity contribution is 0.249. The summed E-state index contributed by atoms with van der Waals surface area (Å²) < 4.78 is 22.5. The minimum absolute atomic E-state index is 0.0152. The Morgan fingerprint density at radius 3 is 2.84 bits per heavy atom. The molecule has 7 heteroatoms. The first-order chi connectivity index (χ1) is 8.98. The first kappa shape index (κ1) is 13.4. The van der Waals surface area contributed by atoms with E-state index in [-0.39, 0.29) is 17.5 Å². The van der Waals surface area contributed by atoms with Crippen LogP contribution in [0.15, 0.2) is 24.3 Å². The molecule has 100 valence electrons. The number of amides is 2. The van der Waals surface area contributed by atoms with Gasteiger partial charge in [0, 0.05) is 11.7 Å². The fourth-order valence-corrected chi connectivity index (χ4v) is 3.60. The van der Waals surface area contributed by atoms with Crippen molar-refractivity contribution in [3.05, 3.63) is 29.8 Å². The minimum Gasteiger partial charge on any atom is -0.334 e. The molecule has 0 aliphatic carbocycles. The highest BCUT2D eigenvalue weighted by molar-refractivity contribution is 7.91. The molecule has 2 rings (SSSR count). The maximum atomic E-state index is 11.7. The highest BCUT2D eigenvalue weighted by atomic mass is 32.2. The maximum absolute atomic E-state index is 11.7. The number of urea groups is 1. The lowest BCUT2D eigenvalue weighted by Gasteiger charge is -2.12. The van der Waals surface area contributed by atoms with Crippen molar-refractivity contribution in [2.24, 2.45) is 0 Å². The molecule has 1 aliphatic rings. The number of rotatable bonds is 2. The summed E-state index contributed by atoms with van der Waals surface area (Å²) in [5.41, 5.74) is 0.943. The van der Waals surface area contributed by atoms with E-state index in [0.717, 1.165) is 0 Å². The molecule has 1 aliphatic heterocycles. The summed E-state index contributed by atoms with van der Waals surface area (Å²) >= 11 is 0. The normalized spacial score (nSPS) is 20.5. The van der Waals surface area contributed by atoms with Crippen LogP contribution in [0.2, 0.25) is 0 Å². The van der Waals surface area contributed by atoms with Crippen LogP contribution in [-0.4, -0.2) is 32.0 Å². The Labute approximate surface area is 111 Å². The van der Waals surface area contributed by atoms with Gasteiger partial charge in [-0.25, -0.2) is 13.2 Å². The largest absolute Gasteiger partial charge is 0.334 e. The molecule has 2 N–H and O–H groups in total.